The molecule has 5 nitrogen and oxygen atoms in total. The monoisotopic (exact) mass is 423 g/mol. The van der Waals surface area contributed by atoms with Crippen molar-refractivity contribution in [3.63, 3.8) is 0 Å². The minimum Gasteiger partial charge on any atom is -0.497 e. The Morgan fingerprint density at radius 2 is 1.97 bits per heavy atom. The Bertz CT molecular complexity index is 1200. The summed E-state index contributed by atoms with van der Waals surface area (Å²) in [5.74, 6) is 0.742. The molecule has 1 aromatic carbocycles. The highest BCUT2D eigenvalue weighted by atomic mass is 32.2. The second-order valence-electron chi connectivity index (χ2n) is 6.58. The van der Waals surface area contributed by atoms with Crippen molar-refractivity contribution in [2.45, 2.75) is 36.9 Å². The van der Waals surface area contributed by atoms with Gasteiger partial charge in [-0.15, -0.1) is 11.3 Å². The zero-order valence-electron chi connectivity index (χ0n) is 16.5. The predicted octanol–water partition coefficient (Wildman–Crippen LogP) is 5.26. The van der Waals surface area contributed by atoms with Crippen LogP contribution in [0.2, 0.25) is 0 Å². The Morgan fingerprint density at radius 1 is 1.17 bits per heavy atom. The molecular weight excluding hydrogens is 402 g/mol. The van der Waals surface area contributed by atoms with E-state index >= 15 is 0 Å². The van der Waals surface area contributed by atoms with Crippen LogP contribution in [0.1, 0.15) is 23.8 Å². The van der Waals surface area contributed by atoms with E-state index in [4.69, 9.17) is 9.72 Å². The topological polar surface area (TPSA) is 57.0 Å². The molecule has 0 saturated heterocycles. The van der Waals surface area contributed by atoms with Crippen LogP contribution in [0.4, 0.5) is 0 Å². The van der Waals surface area contributed by atoms with Crippen molar-refractivity contribution >= 4 is 33.3 Å². The van der Waals surface area contributed by atoms with Crippen LogP contribution in [0.25, 0.3) is 15.9 Å². The zero-order chi connectivity index (χ0) is 20.4. The SMILES string of the molecule is CCCc1sc2nc(Sc3ccccn3)n(-c3ccc(OC)cc3)c(=O)c2c1C. The van der Waals surface area contributed by atoms with Gasteiger partial charge >= 0.3 is 0 Å². The highest BCUT2D eigenvalue weighted by molar-refractivity contribution is 7.99. The molecule has 0 unspecified atom stereocenters. The molecule has 0 spiro atoms. The van der Waals surface area contributed by atoms with Crippen LogP contribution in [-0.2, 0) is 6.42 Å². The molecule has 4 rings (SSSR count). The number of hydrogen-bond acceptors (Lipinski definition) is 6. The summed E-state index contributed by atoms with van der Waals surface area (Å²) in [6.45, 7) is 4.17. The Morgan fingerprint density at radius 3 is 2.62 bits per heavy atom. The fraction of sp³-hybridized carbons (Fsp3) is 0.227. The molecule has 0 bridgehead atoms. The van der Waals surface area contributed by atoms with Gasteiger partial charge in [0.2, 0.25) is 0 Å². The summed E-state index contributed by atoms with van der Waals surface area (Å²) >= 11 is 3.01. The molecule has 0 atom stereocenters. The second-order valence-corrected chi connectivity index (χ2v) is 8.65. The van der Waals surface area contributed by atoms with Gasteiger partial charge in [-0.3, -0.25) is 9.36 Å². The van der Waals surface area contributed by atoms with Gasteiger partial charge in [-0.1, -0.05) is 19.4 Å². The van der Waals surface area contributed by atoms with Gasteiger partial charge in [0.15, 0.2) is 5.16 Å². The molecule has 3 heterocycles. The van der Waals surface area contributed by atoms with E-state index in [1.165, 1.54) is 16.6 Å². The first-order valence-corrected chi connectivity index (χ1v) is 11.0. The summed E-state index contributed by atoms with van der Waals surface area (Å²) in [7, 11) is 1.63. The highest BCUT2D eigenvalue weighted by Gasteiger charge is 2.19. The molecule has 0 aliphatic rings. The molecule has 3 aromatic heterocycles. The highest BCUT2D eigenvalue weighted by Crippen LogP contribution is 2.33. The minimum absolute atomic E-state index is 0.0466. The van der Waals surface area contributed by atoms with Gasteiger partial charge in [0.25, 0.3) is 5.56 Å². The molecule has 4 aromatic rings. The number of methoxy groups -OCH3 is 1. The van der Waals surface area contributed by atoms with Crippen molar-refractivity contribution in [1.29, 1.82) is 0 Å². The molecule has 148 valence electrons. The summed E-state index contributed by atoms with van der Waals surface area (Å²) in [5.41, 5.74) is 1.75. The number of aryl methyl sites for hydroxylation is 2. The van der Waals surface area contributed by atoms with Gasteiger partial charge in [0.1, 0.15) is 15.6 Å². The lowest BCUT2D eigenvalue weighted by Crippen LogP contribution is -2.21. The van der Waals surface area contributed by atoms with E-state index in [1.807, 2.05) is 49.4 Å². The average molecular weight is 424 g/mol. The van der Waals surface area contributed by atoms with Crippen molar-refractivity contribution in [2.24, 2.45) is 0 Å². The van der Waals surface area contributed by atoms with Gasteiger partial charge in [-0.05, 0) is 67.1 Å². The number of aromatic nitrogens is 3. The molecule has 0 N–H and O–H groups in total. The van der Waals surface area contributed by atoms with Crippen LogP contribution in [-0.4, -0.2) is 21.6 Å². The lowest BCUT2D eigenvalue weighted by molar-refractivity contribution is 0.414. The fourth-order valence-corrected chi connectivity index (χ4v) is 5.40. The Labute approximate surface area is 177 Å². The molecule has 0 saturated carbocycles. The molecule has 29 heavy (non-hydrogen) atoms. The van der Waals surface area contributed by atoms with E-state index in [2.05, 4.69) is 11.9 Å². The lowest BCUT2D eigenvalue weighted by atomic mass is 10.1. The van der Waals surface area contributed by atoms with Crippen LogP contribution in [0.15, 0.2) is 63.6 Å². The normalized spacial score (nSPS) is 11.1. The number of nitrogens with zero attached hydrogens (tertiary/aromatic N) is 3. The maximum atomic E-state index is 13.6. The summed E-state index contributed by atoms with van der Waals surface area (Å²) in [6.07, 6.45) is 3.73. The molecule has 7 heteroatoms. The molecule has 0 amide bonds. The molecular formula is C22H21N3O2S2. The number of rotatable bonds is 6. The standard InChI is InChI=1S/C22H21N3O2S2/c1-4-7-17-14(2)19-20(28-17)24-22(29-18-8-5-6-13-23-18)25(21(19)26)15-9-11-16(27-3)12-10-15/h5-6,8-13H,4,7H2,1-3H3. The van der Waals surface area contributed by atoms with E-state index in [0.29, 0.717) is 10.5 Å². The summed E-state index contributed by atoms with van der Waals surface area (Å²) in [6, 6.07) is 13.2. The Hall–Kier alpha value is -2.64. The van der Waals surface area contributed by atoms with Gasteiger partial charge < -0.3 is 4.74 Å². The molecule has 0 aliphatic carbocycles. The van der Waals surface area contributed by atoms with E-state index < -0.39 is 0 Å². The Balaban J connectivity index is 1.95. The average Bonchev–Trinajstić information content (AvgIpc) is 3.05. The third-order valence-electron chi connectivity index (χ3n) is 4.67. The predicted molar refractivity (Wildman–Crippen MR) is 119 cm³/mol. The quantitative estimate of drug-likeness (QED) is 0.396. The number of benzene rings is 1. The van der Waals surface area contributed by atoms with Gasteiger partial charge in [0, 0.05) is 11.1 Å². The smallest absolute Gasteiger partial charge is 0.267 e. The van der Waals surface area contributed by atoms with Crippen LogP contribution >= 0.6 is 23.1 Å². The third-order valence-corrected chi connectivity index (χ3v) is 6.83. The van der Waals surface area contributed by atoms with Crippen molar-refractivity contribution < 1.29 is 4.74 Å². The number of hydrogen-bond donors (Lipinski definition) is 0. The first-order chi connectivity index (χ1) is 14.1. The van der Waals surface area contributed by atoms with Crippen LogP contribution in [0, 0.1) is 6.92 Å². The van der Waals surface area contributed by atoms with Crippen LogP contribution < -0.4 is 10.3 Å². The largest absolute Gasteiger partial charge is 0.497 e. The van der Waals surface area contributed by atoms with E-state index in [0.717, 1.165) is 39.7 Å². The second kappa shape index (κ2) is 8.39. The van der Waals surface area contributed by atoms with E-state index in [9.17, 15) is 4.79 Å². The fourth-order valence-electron chi connectivity index (χ4n) is 3.20. The molecule has 0 radical (unpaired) electrons. The third kappa shape index (κ3) is 3.80. The van der Waals surface area contributed by atoms with Crippen molar-refractivity contribution in [3.8, 4) is 11.4 Å². The number of pyridine rings is 1. The first kappa shape index (κ1) is 19.7. The minimum atomic E-state index is -0.0466. The maximum Gasteiger partial charge on any atom is 0.267 e. The summed E-state index contributed by atoms with van der Waals surface area (Å²) < 4.78 is 6.94. The van der Waals surface area contributed by atoms with Crippen LogP contribution in [0.5, 0.6) is 5.75 Å². The lowest BCUT2D eigenvalue weighted by Gasteiger charge is -2.12. The summed E-state index contributed by atoms with van der Waals surface area (Å²) in [4.78, 5) is 24.9. The van der Waals surface area contributed by atoms with Gasteiger partial charge in [-0.2, -0.15) is 0 Å². The number of fused-ring (bicyclic) bond motifs is 1. The maximum absolute atomic E-state index is 13.6. The van der Waals surface area contributed by atoms with E-state index in [1.54, 1.807) is 29.2 Å². The zero-order valence-corrected chi connectivity index (χ0v) is 18.1. The first-order valence-electron chi connectivity index (χ1n) is 9.40. The number of thiophene rings is 1. The van der Waals surface area contributed by atoms with Gasteiger partial charge in [0.05, 0.1) is 18.2 Å². The summed E-state index contributed by atoms with van der Waals surface area (Å²) in [5, 5.41) is 2.11. The van der Waals surface area contributed by atoms with Crippen molar-refractivity contribution in [3.05, 3.63) is 69.5 Å². The van der Waals surface area contributed by atoms with Crippen molar-refractivity contribution in [1.82, 2.24) is 14.5 Å². The van der Waals surface area contributed by atoms with E-state index in [-0.39, 0.29) is 5.56 Å². The van der Waals surface area contributed by atoms with Crippen LogP contribution in [0.3, 0.4) is 0 Å². The van der Waals surface area contributed by atoms with Crippen molar-refractivity contribution in [2.75, 3.05) is 7.11 Å². The molecule has 0 aliphatic heterocycles. The molecule has 0 fully saturated rings. The van der Waals surface area contributed by atoms with Gasteiger partial charge in [-0.25, -0.2) is 9.97 Å². The Kier molecular flexibility index (Phi) is 5.69. The number of ether oxygens (including phenoxy) is 1.